The molecule has 1 aromatic carbocycles. The van der Waals surface area contributed by atoms with E-state index in [1.165, 1.54) is 17.0 Å². The second kappa shape index (κ2) is 6.88. The molecule has 0 fully saturated rings. The average molecular weight is 314 g/mol. The fourth-order valence-electron chi connectivity index (χ4n) is 1.57. The van der Waals surface area contributed by atoms with Crippen LogP contribution >= 0.6 is 0 Å². The van der Waals surface area contributed by atoms with Crippen LogP contribution in [0.3, 0.4) is 0 Å². The van der Waals surface area contributed by atoms with Crippen LogP contribution in [0.5, 0.6) is 0 Å². The highest BCUT2D eigenvalue weighted by Gasteiger charge is 2.14. The number of rotatable bonds is 5. The van der Waals surface area contributed by atoms with Crippen molar-refractivity contribution < 1.29 is 13.2 Å². The van der Waals surface area contributed by atoms with Crippen molar-refractivity contribution in [2.75, 3.05) is 39.5 Å². The Labute approximate surface area is 125 Å². The minimum absolute atomic E-state index is 0.0284. The first-order valence-electron chi connectivity index (χ1n) is 6.41. The summed E-state index contributed by atoms with van der Waals surface area (Å²) in [6.45, 7) is 3.08. The molecule has 8 heteroatoms. The molecule has 0 aromatic heterocycles. The van der Waals surface area contributed by atoms with Crippen molar-refractivity contribution in [3.05, 3.63) is 23.8 Å². The monoisotopic (exact) mass is 314 g/mol. The summed E-state index contributed by atoms with van der Waals surface area (Å²) in [5, 5.41) is 7.79. The molecular weight excluding hydrogens is 292 g/mol. The van der Waals surface area contributed by atoms with Gasteiger partial charge in [0.15, 0.2) is 0 Å². The van der Waals surface area contributed by atoms with Gasteiger partial charge < -0.3 is 15.1 Å². The average Bonchev–Trinajstić information content (AvgIpc) is 2.36. The third-order valence-corrected chi connectivity index (χ3v) is 3.92. The van der Waals surface area contributed by atoms with Gasteiger partial charge in [-0.3, -0.25) is 0 Å². The number of likely N-dealkylation sites (N-methyl/N-ethyl adjacent to an activating group) is 2. The number of nitrogens with two attached hydrogens (primary N) is 1. The first-order chi connectivity index (χ1) is 9.61. The lowest BCUT2D eigenvalue weighted by molar-refractivity contribution is 0.217. The van der Waals surface area contributed by atoms with Crippen LogP contribution in [-0.4, -0.2) is 58.5 Å². The highest BCUT2D eigenvalue weighted by Crippen LogP contribution is 2.19. The van der Waals surface area contributed by atoms with E-state index in [2.05, 4.69) is 5.32 Å². The van der Waals surface area contributed by atoms with Gasteiger partial charge >= 0.3 is 6.03 Å². The molecule has 21 heavy (non-hydrogen) atoms. The Bertz CT molecular complexity index is 614. The van der Waals surface area contributed by atoms with Gasteiger partial charge in [-0.2, -0.15) is 0 Å². The summed E-state index contributed by atoms with van der Waals surface area (Å²) in [6.07, 6.45) is 0. The van der Waals surface area contributed by atoms with Gasteiger partial charge in [0.2, 0.25) is 10.0 Å². The number of anilines is 1. The summed E-state index contributed by atoms with van der Waals surface area (Å²) in [5.41, 5.74) is 1.19. The van der Waals surface area contributed by atoms with Gasteiger partial charge in [-0.05, 0) is 38.7 Å². The van der Waals surface area contributed by atoms with Crippen molar-refractivity contribution in [2.45, 2.75) is 11.8 Å². The van der Waals surface area contributed by atoms with E-state index in [0.29, 0.717) is 12.2 Å². The minimum Gasteiger partial charge on any atom is -0.326 e. The maximum Gasteiger partial charge on any atom is 0.321 e. The van der Waals surface area contributed by atoms with Crippen molar-refractivity contribution in [1.82, 2.24) is 9.80 Å². The van der Waals surface area contributed by atoms with Gasteiger partial charge in [-0.1, -0.05) is 6.07 Å². The first kappa shape index (κ1) is 17.4. The van der Waals surface area contributed by atoms with Gasteiger partial charge in [0.1, 0.15) is 0 Å². The van der Waals surface area contributed by atoms with E-state index in [1.54, 1.807) is 20.0 Å². The number of primary sulfonamides is 1. The van der Waals surface area contributed by atoms with Gasteiger partial charge in [-0.15, -0.1) is 0 Å². The number of hydrogen-bond acceptors (Lipinski definition) is 4. The number of amides is 2. The van der Waals surface area contributed by atoms with Crippen molar-refractivity contribution >= 4 is 21.7 Å². The van der Waals surface area contributed by atoms with Crippen LogP contribution in [0.4, 0.5) is 10.5 Å². The number of nitrogens with one attached hydrogen (secondary N) is 1. The lowest BCUT2D eigenvalue weighted by Gasteiger charge is -2.21. The van der Waals surface area contributed by atoms with Gasteiger partial charge in [0.05, 0.1) is 4.90 Å². The van der Waals surface area contributed by atoms with Crippen LogP contribution in [-0.2, 0) is 10.0 Å². The molecule has 0 spiro atoms. The highest BCUT2D eigenvalue weighted by atomic mass is 32.2. The van der Waals surface area contributed by atoms with Crippen LogP contribution in [0.15, 0.2) is 23.1 Å². The van der Waals surface area contributed by atoms with E-state index in [0.717, 1.165) is 12.1 Å². The largest absolute Gasteiger partial charge is 0.326 e. The predicted octanol–water partition coefficient (Wildman–Crippen LogP) is 0.668. The van der Waals surface area contributed by atoms with E-state index in [4.69, 9.17) is 5.14 Å². The molecule has 0 aliphatic carbocycles. The van der Waals surface area contributed by atoms with Crippen LogP contribution in [0.25, 0.3) is 0 Å². The van der Waals surface area contributed by atoms with Crippen molar-refractivity contribution in [3.63, 3.8) is 0 Å². The van der Waals surface area contributed by atoms with Crippen molar-refractivity contribution in [3.8, 4) is 0 Å². The Morgan fingerprint density at radius 1 is 1.24 bits per heavy atom. The third kappa shape index (κ3) is 5.33. The summed E-state index contributed by atoms with van der Waals surface area (Å²) in [7, 11) is 1.73. The minimum atomic E-state index is -3.79. The Hall–Kier alpha value is -1.64. The topological polar surface area (TPSA) is 95.7 Å². The molecule has 3 N–H and O–H groups in total. The molecule has 0 saturated heterocycles. The first-order valence-corrected chi connectivity index (χ1v) is 7.96. The third-order valence-electron chi connectivity index (χ3n) is 3.01. The molecule has 0 atom stereocenters. The van der Waals surface area contributed by atoms with E-state index in [9.17, 15) is 13.2 Å². The fourth-order valence-corrected chi connectivity index (χ4v) is 2.11. The van der Waals surface area contributed by atoms with Crippen LogP contribution < -0.4 is 10.5 Å². The zero-order chi connectivity index (χ0) is 16.2. The highest BCUT2D eigenvalue weighted by molar-refractivity contribution is 7.89. The van der Waals surface area contributed by atoms with E-state index in [1.807, 2.05) is 19.0 Å². The molecule has 7 nitrogen and oxygen atoms in total. The zero-order valence-corrected chi connectivity index (χ0v) is 13.6. The smallest absolute Gasteiger partial charge is 0.321 e. The second-order valence-corrected chi connectivity index (χ2v) is 6.74. The van der Waals surface area contributed by atoms with Crippen molar-refractivity contribution in [2.24, 2.45) is 5.14 Å². The standard InChI is InChI=1S/C13H22N4O3S/c1-10-5-6-11(21(14,19)20)9-12(10)15-13(18)17(4)8-7-16(2)3/h5-6,9H,7-8H2,1-4H3,(H,15,18)(H2,14,19,20). The lowest BCUT2D eigenvalue weighted by Crippen LogP contribution is -2.36. The molecule has 118 valence electrons. The number of carbonyl (C=O) groups excluding carboxylic acids is 1. The summed E-state index contributed by atoms with van der Waals surface area (Å²) >= 11 is 0. The Kier molecular flexibility index (Phi) is 5.70. The molecule has 1 rings (SSSR count). The molecule has 0 heterocycles. The molecule has 2 amide bonds. The summed E-state index contributed by atoms with van der Waals surface area (Å²) in [6, 6.07) is 4.08. The van der Waals surface area contributed by atoms with E-state index >= 15 is 0 Å². The molecular formula is C13H22N4O3S. The van der Waals surface area contributed by atoms with Crippen LogP contribution in [0, 0.1) is 6.92 Å². The molecule has 0 aliphatic rings. The normalized spacial score (nSPS) is 11.5. The maximum absolute atomic E-state index is 12.1. The number of carbonyl (C=O) groups is 1. The van der Waals surface area contributed by atoms with Gasteiger partial charge in [0.25, 0.3) is 0 Å². The Morgan fingerprint density at radius 3 is 2.38 bits per heavy atom. The molecule has 0 bridgehead atoms. The SMILES string of the molecule is Cc1ccc(S(N)(=O)=O)cc1NC(=O)N(C)CCN(C)C. The van der Waals surface area contributed by atoms with E-state index < -0.39 is 10.0 Å². The molecule has 1 aromatic rings. The maximum atomic E-state index is 12.1. The molecule has 0 aliphatic heterocycles. The second-order valence-electron chi connectivity index (χ2n) is 5.18. The number of hydrogen-bond donors (Lipinski definition) is 2. The number of aryl methyl sites for hydroxylation is 1. The Balaban J connectivity index is 2.85. The summed E-state index contributed by atoms with van der Waals surface area (Å²) in [4.78, 5) is 15.5. The fraction of sp³-hybridized carbons (Fsp3) is 0.462. The van der Waals surface area contributed by atoms with Gasteiger partial charge in [0, 0.05) is 25.8 Å². The van der Waals surface area contributed by atoms with Crippen LogP contribution in [0.1, 0.15) is 5.56 Å². The predicted molar refractivity (Wildman–Crippen MR) is 82.8 cm³/mol. The van der Waals surface area contributed by atoms with Crippen molar-refractivity contribution in [1.29, 1.82) is 0 Å². The quantitative estimate of drug-likeness (QED) is 0.835. The molecule has 0 unspecified atom stereocenters. The summed E-state index contributed by atoms with van der Waals surface area (Å²) < 4.78 is 22.7. The van der Waals surface area contributed by atoms with Gasteiger partial charge in [-0.25, -0.2) is 18.4 Å². The van der Waals surface area contributed by atoms with E-state index in [-0.39, 0.29) is 10.9 Å². The number of benzene rings is 1. The molecule has 0 radical (unpaired) electrons. The zero-order valence-electron chi connectivity index (χ0n) is 12.8. The number of urea groups is 1. The lowest BCUT2D eigenvalue weighted by atomic mass is 10.2. The van der Waals surface area contributed by atoms with Crippen LogP contribution in [0.2, 0.25) is 0 Å². The number of nitrogens with zero attached hydrogens (tertiary/aromatic N) is 2. The molecule has 0 saturated carbocycles. The Morgan fingerprint density at radius 2 is 1.86 bits per heavy atom. The number of sulfonamides is 1. The summed E-state index contributed by atoms with van der Waals surface area (Å²) in [5.74, 6) is 0.